The largest absolute Gasteiger partial charge is 0.352 e. The lowest BCUT2D eigenvalue weighted by Crippen LogP contribution is -2.43. The second-order valence-corrected chi connectivity index (χ2v) is 4.51. The summed E-state index contributed by atoms with van der Waals surface area (Å²) in [5, 5.41) is 2.96. The molecule has 1 heterocycles. The van der Waals surface area contributed by atoms with E-state index in [9.17, 15) is 4.79 Å². The highest BCUT2D eigenvalue weighted by Gasteiger charge is 2.13. The van der Waals surface area contributed by atoms with Gasteiger partial charge in [0.2, 0.25) is 5.91 Å². The summed E-state index contributed by atoms with van der Waals surface area (Å²) in [5.41, 5.74) is 6.73. The molecule has 0 radical (unpaired) electrons. The van der Waals surface area contributed by atoms with E-state index in [2.05, 4.69) is 24.1 Å². The average molecular weight is 235 g/mol. The Morgan fingerprint density at radius 3 is 2.59 bits per heavy atom. The van der Waals surface area contributed by atoms with E-state index in [4.69, 9.17) is 5.73 Å². The number of carbonyl (C=O) groups is 1. The summed E-state index contributed by atoms with van der Waals surface area (Å²) in [6, 6.07) is 3.92. The van der Waals surface area contributed by atoms with Crippen molar-refractivity contribution < 1.29 is 4.79 Å². The van der Waals surface area contributed by atoms with Crippen LogP contribution in [0.3, 0.4) is 0 Å². The van der Waals surface area contributed by atoms with Crippen molar-refractivity contribution in [1.29, 1.82) is 0 Å². The molecule has 94 valence electrons. The molecule has 0 saturated carbocycles. The molecule has 0 aliphatic rings. The highest BCUT2D eigenvalue weighted by atomic mass is 16.1. The summed E-state index contributed by atoms with van der Waals surface area (Å²) in [4.78, 5) is 15.6. The molecule has 1 aromatic heterocycles. The Balaban J connectivity index is 2.35. The van der Waals surface area contributed by atoms with Gasteiger partial charge in [0.15, 0.2) is 0 Å². The predicted octanol–water partition coefficient (Wildman–Crippen LogP) is 1.11. The first-order chi connectivity index (χ1) is 8.13. The van der Waals surface area contributed by atoms with Crippen molar-refractivity contribution in [3.05, 3.63) is 30.1 Å². The molecule has 0 spiro atoms. The van der Waals surface area contributed by atoms with Crippen molar-refractivity contribution >= 4 is 5.91 Å². The smallest absolute Gasteiger partial charge is 0.220 e. The van der Waals surface area contributed by atoms with Crippen LogP contribution in [-0.2, 0) is 11.2 Å². The molecule has 4 heteroatoms. The number of amides is 1. The van der Waals surface area contributed by atoms with Crippen molar-refractivity contribution in [2.45, 2.75) is 32.7 Å². The molecule has 1 atom stereocenters. The average Bonchev–Trinajstić information content (AvgIpc) is 2.34. The van der Waals surface area contributed by atoms with Gasteiger partial charge in [0.1, 0.15) is 0 Å². The number of nitrogens with two attached hydrogens (primary N) is 1. The lowest BCUT2D eigenvalue weighted by Gasteiger charge is -2.20. The number of nitrogens with zero attached hydrogens (tertiary/aromatic N) is 1. The molecule has 17 heavy (non-hydrogen) atoms. The second-order valence-electron chi connectivity index (χ2n) is 4.51. The van der Waals surface area contributed by atoms with Crippen LogP contribution in [0.4, 0.5) is 0 Å². The maximum absolute atomic E-state index is 11.7. The zero-order valence-electron chi connectivity index (χ0n) is 10.5. The molecule has 0 bridgehead atoms. The van der Waals surface area contributed by atoms with Gasteiger partial charge < -0.3 is 11.1 Å². The monoisotopic (exact) mass is 235 g/mol. The summed E-state index contributed by atoms with van der Waals surface area (Å²) < 4.78 is 0. The van der Waals surface area contributed by atoms with Crippen LogP contribution in [-0.4, -0.2) is 23.5 Å². The van der Waals surface area contributed by atoms with Gasteiger partial charge >= 0.3 is 0 Å². The van der Waals surface area contributed by atoms with Crippen LogP contribution in [0.2, 0.25) is 0 Å². The number of carbonyl (C=O) groups excluding carboxylic acids is 1. The Kier molecular flexibility index (Phi) is 5.63. The van der Waals surface area contributed by atoms with Crippen LogP contribution in [0.15, 0.2) is 24.5 Å². The standard InChI is InChI=1S/C13H21N3O/c1-10(2)12(9-14)16-13(17)4-3-11-5-7-15-8-6-11/h5-8,10,12H,3-4,9,14H2,1-2H3,(H,16,17). The van der Waals surface area contributed by atoms with Gasteiger partial charge in [0.25, 0.3) is 0 Å². The minimum atomic E-state index is 0.0611. The van der Waals surface area contributed by atoms with E-state index in [0.29, 0.717) is 18.9 Å². The second kappa shape index (κ2) is 7.01. The Hall–Kier alpha value is -1.42. The third-order valence-corrected chi connectivity index (χ3v) is 2.80. The summed E-state index contributed by atoms with van der Waals surface area (Å²) in [6.07, 6.45) is 4.71. The molecular formula is C13H21N3O. The van der Waals surface area contributed by atoms with Gasteiger partial charge in [-0.05, 0) is 30.0 Å². The van der Waals surface area contributed by atoms with Gasteiger partial charge in [0.05, 0.1) is 0 Å². The van der Waals surface area contributed by atoms with Crippen molar-refractivity contribution in [3.8, 4) is 0 Å². The highest BCUT2D eigenvalue weighted by Crippen LogP contribution is 2.03. The van der Waals surface area contributed by atoms with Gasteiger partial charge in [-0.1, -0.05) is 13.8 Å². The van der Waals surface area contributed by atoms with Crippen LogP contribution < -0.4 is 11.1 Å². The Labute approximate surface area is 103 Å². The van der Waals surface area contributed by atoms with Gasteiger partial charge in [-0.3, -0.25) is 9.78 Å². The van der Waals surface area contributed by atoms with Gasteiger partial charge in [-0.25, -0.2) is 0 Å². The number of pyridine rings is 1. The Morgan fingerprint density at radius 1 is 1.41 bits per heavy atom. The topological polar surface area (TPSA) is 68.0 Å². The summed E-state index contributed by atoms with van der Waals surface area (Å²) in [6.45, 7) is 4.60. The fourth-order valence-corrected chi connectivity index (χ4v) is 1.58. The van der Waals surface area contributed by atoms with Crippen LogP contribution in [0.1, 0.15) is 25.8 Å². The van der Waals surface area contributed by atoms with Crippen molar-refractivity contribution in [2.24, 2.45) is 11.7 Å². The number of hydrogen-bond donors (Lipinski definition) is 2. The SMILES string of the molecule is CC(C)C(CN)NC(=O)CCc1ccncc1. The van der Waals surface area contributed by atoms with Gasteiger partial charge in [-0.15, -0.1) is 0 Å². The molecule has 1 rings (SSSR count). The molecule has 4 nitrogen and oxygen atoms in total. The number of aromatic nitrogens is 1. The molecular weight excluding hydrogens is 214 g/mol. The number of rotatable bonds is 6. The maximum Gasteiger partial charge on any atom is 0.220 e. The first-order valence-corrected chi connectivity index (χ1v) is 6.01. The highest BCUT2D eigenvalue weighted by molar-refractivity contribution is 5.76. The normalized spacial score (nSPS) is 12.5. The number of aryl methyl sites for hydroxylation is 1. The van der Waals surface area contributed by atoms with E-state index < -0.39 is 0 Å². The van der Waals surface area contributed by atoms with E-state index in [1.165, 1.54) is 0 Å². The summed E-state index contributed by atoms with van der Waals surface area (Å²) in [5.74, 6) is 0.427. The van der Waals surface area contributed by atoms with Crippen LogP contribution >= 0.6 is 0 Å². The Morgan fingerprint density at radius 2 is 2.06 bits per heavy atom. The van der Waals surface area contributed by atoms with Crippen LogP contribution in [0.5, 0.6) is 0 Å². The molecule has 1 aromatic rings. The van der Waals surface area contributed by atoms with Crippen molar-refractivity contribution in [1.82, 2.24) is 10.3 Å². The van der Waals surface area contributed by atoms with E-state index in [-0.39, 0.29) is 11.9 Å². The summed E-state index contributed by atoms with van der Waals surface area (Å²) in [7, 11) is 0. The van der Waals surface area contributed by atoms with Gasteiger partial charge in [-0.2, -0.15) is 0 Å². The zero-order valence-corrected chi connectivity index (χ0v) is 10.5. The van der Waals surface area contributed by atoms with Crippen LogP contribution in [0.25, 0.3) is 0 Å². The molecule has 0 aliphatic carbocycles. The first-order valence-electron chi connectivity index (χ1n) is 6.01. The van der Waals surface area contributed by atoms with Crippen LogP contribution in [0, 0.1) is 5.92 Å². The molecule has 0 aromatic carbocycles. The number of hydrogen-bond acceptors (Lipinski definition) is 3. The molecule has 1 amide bonds. The third kappa shape index (κ3) is 4.95. The fraction of sp³-hybridized carbons (Fsp3) is 0.538. The van der Waals surface area contributed by atoms with E-state index in [1.807, 2.05) is 12.1 Å². The minimum absolute atomic E-state index is 0.0611. The summed E-state index contributed by atoms with van der Waals surface area (Å²) >= 11 is 0. The minimum Gasteiger partial charge on any atom is -0.352 e. The first kappa shape index (κ1) is 13.6. The molecule has 0 saturated heterocycles. The molecule has 1 unspecified atom stereocenters. The molecule has 0 fully saturated rings. The molecule has 0 aliphatic heterocycles. The predicted molar refractivity (Wildman–Crippen MR) is 68.4 cm³/mol. The van der Waals surface area contributed by atoms with E-state index in [1.54, 1.807) is 12.4 Å². The fourth-order valence-electron chi connectivity index (χ4n) is 1.58. The van der Waals surface area contributed by atoms with E-state index in [0.717, 1.165) is 12.0 Å². The van der Waals surface area contributed by atoms with E-state index >= 15 is 0 Å². The lowest BCUT2D eigenvalue weighted by atomic mass is 10.0. The maximum atomic E-state index is 11.7. The van der Waals surface area contributed by atoms with Crippen molar-refractivity contribution in [2.75, 3.05) is 6.54 Å². The zero-order chi connectivity index (χ0) is 12.7. The van der Waals surface area contributed by atoms with Gasteiger partial charge in [0, 0.05) is 31.4 Å². The lowest BCUT2D eigenvalue weighted by molar-refractivity contribution is -0.122. The Bertz CT molecular complexity index is 338. The molecule has 3 N–H and O–H groups in total. The van der Waals surface area contributed by atoms with Crippen molar-refractivity contribution in [3.63, 3.8) is 0 Å². The quantitative estimate of drug-likeness (QED) is 0.776. The third-order valence-electron chi connectivity index (χ3n) is 2.80. The number of nitrogens with one attached hydrogen (secondary N) is 1.